The molecule has 4 heteroatoms. The molecular weight excluding hydrogens is 224 g/mol. The maximum absolute atomic E-state index is 5.72. The predicted octanol–water partition coefficient (Wildman–Crippen LogP) is 1.38. The quantitative estimate of drug-likeness (QED) is 0.874. The number of aromatic nitrogens is 1. The van der Waals surface area contributed by atoms with E-state index in [0.717, 1.165) is 23.6 Å². The minimum Gasteiger partial charge on any atom is -0.358 e. The third-order valence-corrected chi connectivity index (χ3v) is 3.78. The first-order chi connectivity index (χ1) is 8.60. The highest BCUT2D eigenvalue weighted by Gasteiger charge is 2.22. The number of pyridine rings is 1. The first-order valence-corrected chi connectivity index (χ1v) is 6.69. The van der Waals surface area contributed by atoms with Crippen LogP contribution in [0, 0.1) is 6.92 Å². The summed E-state index contributed by atoms with van der Waals surface area (Å²) in [7, 11) is 4.33. The van der Waals surface area contributed by atoms with Crippen LogP contribution in [0.15, 0.2) is 12.1 Å². The molecule has 0 bridgehead atoms. The van der Waals surface area contributed by atoms with Crippen molar-refractivity contribution in [3.8, 4) is 0 Å². The molecule has 0 radical (unpaired) electrons. The van der Waals surface area contributed by atoms with Gasteiger partial charge in [0, 0.05) is 31.9 Å². The second-order valence-corrected chi connectivity index (χ2v) is 5.34. The fraction of sp³-hybridized carbons (Fsp3) is 0.643. The molecule has 2 heterocycles. The monoisotopic (exact) mass is 248 g/mol. The molecule has 1 atom stereocenters. The second kappa shape index (κ2) is 5.67. The van der Waals surface area contributed by atoms with E-state index in [1.165, 1.54) is 19.4 Å². The van der Waals surface area contributed by atoms with Crippen molar-refractivity contribution >= 4 is 5.82 Å². The molecule has 0 aliphatic carbocycles. The molecule has 1 aliphatic rings. The zero-order valence-corrected chi connectivity index (χ0v) is 11.7. The topological polar surface area (TPSA) is 45.4 Å². The highest BCUT2D eigenvalue weighted by atomic mass is 15.2. The van der Waals surface area contributed by atoms with Crippen molar-refractivity contribution in [2.75, 3.05) is 32.1 Å². The Kier molecular flexibility index (Phi) is 4.19. The number of rotatable bonds is 4. The van der Waals surface area contributed by atoms with Crippen molar-refractivity contribution in [2.45, 2.75) is 32.4 Å². The van der Waals surface area contributed by atoms with Crippen LogP contribution in [0.4, 0.5) is 5.82 Å². The van der Waals surface area contributed by atoms with Crippen molar-refractivity contribution in [3.05, 3.63) is 23.4 Å². The lowest BCUT2D eigenvalue weighted by Crippen LogP contribution is -2.37. The lowest BCUT2D eigenvalue weighted by Gasteiger charge is -2.27. The van der Waals surface area contributed by atoms with Crippen molar-refractivity contribution in [1.82, 2.24) is 9.88 Å². The van der Waals surface area contributed by atoms with Crippen LogP contribution in [-0.2, 0) is 6.54 Å². The molecule has 1 aromatic heterocycles. The average molecular weight is 248 g/mol. The van der Waals surface area contributed by atoms with Gasteiger partial charge in [-0.3, -0.25) is 0 Å². The predicted molar refractivity (Wildman–Crippen MR) is 75.8 cm³/mol. The van der Waals surface area contributed by atoms with E-state index in [1.807, 2.05) is 6.92 Å². The van der Waals surface area contributed by atoms with E-state index >= 15 is 0 Å². The van der Waals surface area contributed by atoms with E-state index in [9.17, 15) is 0 Å². The Labute approximate surface area is 110 Å². The Morgan fingerprint density at radius 3 is 2.89 bits per heavy atom. The van der Waals surface area contributed by atoms with Gasteiger partial charge < -0.3 is 15.5 Å². The molecule has 1 saturated heterocycles. The lowest BCUT2D eigenvalue weighted by atomic mass is 10.2. The minimum atomic E-state index is 0.577. The zero-order valence-electron chi connectivity index (χ0n) is 11.7. The standard InChI is InChI=1S/C14H24N4/c1-11-7-12(9-15)8-14(16-11)18(3)10-13-5-4-6-17(13)2/h7-8,13H,4-6,9-10,15H2,1-3H3. The number of hydrogen-bond acceptors (Lipinski definition) is 4. The van der Waals surface area contributed by atoms with Gasteiger partial charge in [-0.2, -0.15) is 0 Å². The van der Waals surface area contributed by atoms with E-state index in [-0.39, 0.29) is 0 Å². The molecular formula is C14H24N4. The number of likely N-dealkylation sites (N-methyl/N-ethyl adjacent to an activating group) is 2. The third kappa shape index (κ3) is 3.00. The van der Waals surface area contributed by atoms with Crippen LogP contribution < -0.4 is 10.6 Å². The second-order valence-electron chi connectivity index (χ2n) is 5.34. The first-order valence-electron chi connectivity index (χ1n) is 6.69. The zero-order chi connectivity index (χ0) is 13.1. The molecule has 2 rings (SSSR count). The molecule has 1 unspecified atom stereocenters. The summed E-state index contributed by atoms with van der Waals surface area (Å²) in [5, 5.41) is 0. The first kappa shape index (κ1) is 13.3. The highest BCUT2D eigenvalue weighted by molar-refractivity contribution is 5.42. The van der Waals surface area contributed by atoms with Crippen molar-refractivity contribution in [1.29, 1.82) is 0 Å². The van der Waals surface area contributed by atoms with Crippen LogP contribution in [0.3, 0.4) is 0 Å². The van der Waals surface area contributed by atoms with Crippen LogP contribution in [-0.4, -0.2) is 43.1 Å². The smallest absolute Gasteiger partial charge is 0.128 e. The summed E-state index contributed by atoms with van der Waals surface area (Å²) in [4.78, 5) is 9.29. The highest BCUT2D eigenvalue weighted by Crippen LogP contribution is 2.19. The van der Waals surface area contributed by atoms with Crippen LogP contribution in [0.1, 0.15) is 24.1 Å². The molecule has 1 fully saturated rings. The minimum absolute atomic E-state index is 0.577. The van der Waals surface area contributed by atoms with Gasteiger partial charge in [0.15, 0.2) is 0 Å². The van der Waals surface area contributed by atoms with Gasteiger partial charge in [0.1, 0.15) is 5.82 Å². The Balaban J connectivity index is 2.08. The molecule has 100 valence electrons. The molecule has 0 aromatic carbocycles. The number of aryl methyl sites for hydroxylation is 1. The van der Waals surface area contributed by atoms with Gasteiger partial charge in [0.05, 0.1) is 0 Å². The fourth-order valence-corrected chi connectivity index (χ4v) is 2.65. The summed E-state index contributed by atoms with van der Waals surface area (Å²) in [5.41, 5.74) is 7.92. The molecule has 1 aromatic rings. The van der Waals surface area contributed by atoms with Gasteiger partial charge >= 0.3 is 0 Å². The van der Waals surface area contributed by atoms with Crippen LogP contribution >= 0.6 is 0 Å². The normalized spacial score (nSPS) is 20.3. The molecule has 2 N–H and O–H groups in total. The molecule has 0 spiro atoms. The molecule has 0 amide bonds. The van der Waals surface area contributed by atoms with Gasteiger partial charge in [-0.15, -0.1) is 0 Å². The van der Waals surface area contributed by atoms with Gasteiger partial charge in [-0.25, -0.2) is 4.98 Å². The van der Waals surface area contributed by atoms with Crippen LogP contribution in [0.2, 0.25) is 0 Å². The van der Waals surface area contributed by atoms with Gasteiger partial charge in [0.25, 0.3) is 0 Å². The summed E-state index contributed by atoms with van der Waals surface area (Å²) in [5.74, 6) is 1.04. The van der Waals surface area contributed by atoms with Crippen LogP contribution in [0.5, 0.6) is 0 Å². The Morgan fingerprint density at radius 1 is 1.50 bits per heavy atom. The Morgan fingerprint density at radius 2 is 2.28 bits per heavy atom. The van der Waals surface area contributed by atoms with Crippen LogP contribution in [0.25, 0.3) is 0 Å². The fourth-order valence-electron chi connectivity index (χ4n) is 2.65. The summed E-state index contributed by atoms with van der Waals surface area (Å²) in [6.07, 6.45) is 2.60. The van der Waals surface area contributed by atoms with Crippen molar-refractivity contribution in [2.24, 2.45) is 5.73 Å². The number of nitrogens with zero attached hydrogens (tertiary/aromatic N) is 3. The van der Waals surface area contributed by atoms with Gasteiger partial charge in [-0.05, 0) is 51.1 Å². The summed E-state index contributed by atoms with van der Waals surface area (Å²) < 4.78 is 0. The van der Waals surface area contributed by atoms with Gasteiger partial charge in [-0.1, -0.05) is 0 Å². The Bertz CT molecular complexity index is 405. The molecule has 0 saturated carbocycles. The van der Waals surface area contributed by atoms with Crippen molar-refractivity contribution < 1.29 is 0 Å². The molecule has 4 nitrogen and oxygen atoms in total. The summed E-state index contributed by atoms with van der Waals surface area (Å²) >= 11 is 0. The number of hydrogen-bond donors (Lipinski definition) is 1. The number of anilines is 1. The van der Waals surface area contributed by atoms with E-state index in [1.54, 1.807) is 0 Å². The maximum atomic E-state index is 5.72. The van der Waals surface area contributed by atoms with Gasteiger partial charge in [0.2, 0.25) is 0 Å². The molecule has 18 heavy (non-hydrogen) atoms. The average Bonchev–Trinajstić information content (AvgIpc) is 2.74. The Hall–Kier alpha value is -1.13. The maximum Gasteiger partial charge on any atom is 0.128 e. The number of nitrogens with two attached hydrogens (primary N) is 1. The largest absolute Gasteiger partial charge is 0.358 e. The molecule has 1 aliphatic heterocycles. The van der Waals surface area contributed by atoms with E-state index in [4.69, 9.17) is 5.73 Å². The van der Waals surface area contributed by atoms with E-state index < -0.39 is 0 Å². The summed E-state index contributed by atoms with van der Waals surface area (Å²) in [6, 6.07) is 4.81. The lowest BCUT2D eigenvalue weighted by molar-refractivity contribution is 0.314. The van der Waals surface area contributed by atoms with Crippen molar-refractivity contribution in [3.63, 3.8) is 0 Å². The SMILES string of the molecule is Cc1cc(CN)cc(N(C)CC2CCCN2C)n1. The number of likely N-dealkylation sites (tertiary alicyclic amines) is 1. The van der Waals surface area contributed by atoms with E-state index in [2.05, 4.69) is 41.0 Å². The summed E-state index contributed by atoms with van der Waals surface area (Å²) in [6.45, 7) is 4.86. The van der Waals surface area contributed by atoms with E-state index in [0.29, 0.717) is 12.6 Å². The third-order valence-electron chi connectivity index (χ3n) is 3.78.